The average Bonchev–Trinajstić information content (AvgIpc) is 3.52. The summed E-state index contributed by atoms with van der Waals surface area (Å²) in [7, 11) is 1.63. The molecule has 1 atom stereocenters. The van der Waals surface area contributed by atoms with Gasteiger partial charge in [0.2, 0.25) is 11.8 Å². The SMILES string of the molecule is CCc1nn(-c2ccccc2)c(Oc2ccccc2OC)c1CN(CC1CCCO1)C(=O)C1CC1. The molecule has 184 valence electrons. The molecule has 2 aromatic carbocycles. The number of aryl methyl sites for hydroxylation is 1. The fourth-order valence-corrected chi connectivity index (χ4v) is 4.62. The minimum atomic E-state index is 0.0885. The van der Waals surface area contributed by atoms with Crippen LogP contribution in [-0.4, -0.2) is 47.0 Å². The normalized spacial score (nSPS) is 17.4. The Balaban J connectivity index is 1.56. The molecule has 0 radical (unpaired) electrons. The van der Waals surface area contributed by atoms with Crippen molar-refractivity contribution in [3.63, 3.8) is 0 Å². The van der Waals surface area contributed by atoms with Crippen molar-refractivity contribution in [1.29, 1.82) is 0 Å². The molecule has 0 spiro atoms. The lowest BCUT2D eigenvalue weighted by atomic mass is 10.1. The standard InChI is InChI=1S/C28H33N3O4/c1-3-24-23(19-30(27(32)20-15-16-20)18-22-12-9-17-34-22)28(31(29-24)21-10-5-4-6-11-21)35-26-14-8-7-13-25(26)33-2/h4-8,10-11,13-14,20,22H,3,9,12,15-19H2,1-2H3. The second kappa shape index (κ2) is 10.5. The van der Waals surface area contributed by atoms with E-state index < -0.39 is 0 Å². The van der Waals surface area contributed by atoms with Crippen LogP contribution in [0.4, 0.5) is 0 Å². The molecule has 5 rings (SSSR count). The van der Waals surface area contributed by atoms with Crippen LogP contribution in [0.1, 0.15) is 43.9 Å². The summed E-state index contributed by atoms with van der Waals surface area (Å²) in [5.74, 6) is 2.19. The van der Waals surface area contributed by atoms with E-state index in [1.54, 1.807) is 7.11 Å². The molecule has 7 nitrogen and oxygen atoms in total. The maximum Gasteiger partial charge on any atom is 0.228 e. The number of aromatic nitrogens is 2. The highest BCUT2D eigenvalue weighted by molar-refractivity contribution is 5.81. The van der Waals surface area contributed by atoms with E-state index in [0.29, 0.717) is 30.5 Å². The lowest BCUT2D eigenvalue weighted by Crippen LogP contribution is -2.38. The van der Waals surface area contributed by atoms with Crippen LogP contribution in [0.15, 0.2) is 54.6 Å². The molecule has 1 unspecified atom stereocenters. The zero-order valence-electron chi connectivity index (χ0n) is 20.5. The molecule has 1 aromatic heterocycles. The van der Waals surface area contributed by atoms with Gasteiger partial charge in [-0.05, 0) is 56.4 Å². The third-order valence-corrected chi connectivity index (χ3v) is 6.67. The van der Waals surface area contributed by atoms with Crippen molar-refractivity contribution in [3.05, 3.63) is 65.9 Å². The average molecular weight is 476 g/mol. The van der Waals surface area contributed by atoms with E-state index in [4.69, 9.17) is 19.3 Å². The molecule has 35 heavy (non-hydrogen) atoms. The zero-order chi connectivity index (χ0) is 24.2. The quantitative estimate of drug-likeness (QED) is 0.406. The molecule has 0 N–H and O–H groups in total. The monoisotopic (exact) mass is 475 g/mol. The molecule has 2 heterocycles. The Morgan fingerprint density at radius 2 is 1.83 bits per heavy atom. The smallest absolute Gasteiger partial charge is 0.228 e. The number of carbonyl (C=O) groups excluding carboxylic acids is 1. The zero-order valence-corrected chi connectivity index (χ0v) is 20.5. The summed E-state index contributed by atoms with van der Waals surface area (Å²) in [6.07, 6.45) is 4.78. The van der Waals surface area contributed by atoms with E-state index in [1.165, 1.54) is 0 Å². The Bertz CT molecular complexity index is 1150. The molecule has 7 heteroatoms. The fraction of sp³-hybridized carbons (Fsp3) is 0.429. The van der Waals surface area contributed by atoms with Gasteiger partial charge in [0, 0.05) is 19.1 Å². The highest BCUT2D eigenvalue weighted by Crippen LogP contribution is 2.38. The van der Waals surface area contributed by atoms with Crippen molar-refractivity contribution in [2.75, 3.05) is 20.3 Å². The highest BCUT2D eigenvalue weighted by Gasteiger charge is 2.36. The topological polar surface area (TPSA) is 65.8 Å². The molecular formula is C28H33N3O4. The maximum atomic E-state index is 13.3. The van der Waals surface area contributed by atoms with E-state index >= 15 is 0 Å². The minimum absolute atomic E-state index is 0.0885. The van der Waals surface area contributed by atoms with Gasteiger partial charge in [-0.1, -0.05) is 37.3 Å². The number of hydrogen-bond acceptors (Lipinski definition) is 5. The van der Waals surface area contributed by atoms with Crippen LogP contribution in [0, 0.1) is 5.92 Å². The summed E-state index contributed by atoms with van der Waals surface area (Å²) in [6, 6.07) is 17.5. The molecule has 3 aromatic rings. The van der Waals surface area contributed by atoms with Crippen LogP contribution in [-0.2, 0) is 22.5 Å². The van der Waals surface area contributed by atoms with Gasteiger partial charge in [-0.2, -0.15) is 5.10 Å². The van der Waals surface area contributed by atoms with Crippen molar-refractivity contribution in [2.24, 2.45) is 5.92 Å². The second-order valence-electron chi connectivity index (χ2n) is 9.21. The Morgan fingerprint density at radius 1 is 1.09 bits per heavy atom. The van der Waals surface area contributed by atoms with Crippen LogP contribution in [0.5, 0.6) is 17.4 Å². The summed E-state index contributed by atoms with van der Waals surface area (Å²) < 4.78 is 19.8. The number of methoxy groups -OCH3 is 1. The van der Waals surface area contributed by atoms with Gasteiger partial charge < -0.3 is 19.1 Å². The minimum Gasteiger partial charge on any atom is -0.493 e. The third kappa shape index (κ3) is 5.20. The lowest BCUT2D eigenvalue weighted by Gasteiger charge is -2.26. The first-order chi connectivity index (χ1) is 17.2. The predicted octanol–water partition coefficient (Wildman–Crippen LogP) is 5.15. The summed E-state index contributed by atoms with van der Waals surface area (Å²) in [4.78, 5) is 15.3. The first-order valence-corrected chi connectivity index (χ1v) is 12.5. The number of nitrogens with zero attached hydrogens (tertiary/aromatic N) is 3. The molecule has 1 saturated carbocycles. The van der Waals surface area contributed by atoms with E-state index in [1.807, 2.05) is 64.2 Å². The van der Waals surface area contributed by atoms with Gasteiger partial charge in [-0.15, -0.1) is 0 Å². The van der Waals surface area contributed by atoms with E-state index in [0.717, 1.165) is 55.7 Å². The number of ether oxygens (including phenoxy) is 3. The number of rotatable bonds is 10. The van der Waals surface area contributed by atoms with Crippen molar-refractivity contribution in [1.82, 2.24) is 14.7 Å². The van der Waals surface area contributed by atoms with E-state index in [9.17, 15) is 4.79 Å². The molecule has 2 fully saturated rings. The second-order valence-corrected chi connectivity index (χ2v) is 9.21. The first kappa shape index (κ1) is 23.4. The number of amides is 1. The Labute approximate surface area is 206 Å². The van der Waals surface area contributed by atoms with Crippen LogP contribution in [0.2, 0.25) is 0 Å². The summed E-state index contributed by atoms with van der Waals surface area (Å²) in [6.45, 7) is 3.89. The Hall–Kier alpha value is -3.32. The van der Waals surface area contributed by atoms with Gasteiger partial charge in [-0.25, -0.2) is 4.68 Å². The molecular weight excluding hydrogens is 442 g/mol. The van der Waals surface area contributed by atoms with Gasteiger partial charge in [0.15, 0.2) is 11.5 Å². The molecule has 1 aliphatic heterocycles. The summed E-state index contributed by atoms with van der Waals surface area (Å²) in [5.41, 5.74) is 2.74. The van der Waals surface area contributed by atoms with E-state index in [-0.39, 0.29) is 17.9 Å². The summed E-state index contributed by atoms with van der Waals surface area (Å²) in [5, 5.41) is 4.94. The van der Waals surface area contributed by atoms with Gasteiger partial charge >= 0.3 is 0 Å². The van der Waals surface area contributed by atoms with Gasteiger partial charge in [0.1, 0.15) is 0 Å². The summed E-state index contributed by atoms with van der Waals surface area (Å²) >= 11 is 0. The largest absolute Gasteiger partial charge is 0.493 e. The fourth-order valence-electron chi connectivity index (χ4n) is 4.62. The Morgan fingerprint density at radius 3 is 2.49 bits per heavy atom. The predicted molar refractivity (Wildman–Crippen MR) is 133 cm³/mol. The van der Waals surface area contributed by atoms with Crippen molar-refractivity contribution >= 4 is 5.91 Å². The van der Waals surface area contributed by atoms with Gasteiger partial charge in [0.05, 0.1) is 36.7 Å². The highest BCUT2D eigenvalue weighted by atomic mass is 16.5. The molecule has 0 bridgehead atoms. The number of para-hydroxylation sites is 3. The number of benzene rings is 2. The lowest BCUT2D eigenvalue weighted by molar-refractivity contribution is -0.134. The first-order valence-electron chi connectivity index (χ1n) is 12.5. The Kier molecular flexibility index (Phi) is 7.04. The van der Waals surface area contributed by atoms with Gasteiger partial charge in [-0.3, -0.25) is 4.79 Å². The number of hydrogen-bond donors (Lipinski definition) is 0. The van der Waals surface area contributed by atoms with Crippen molar-refractivity contribution in [3.8, 4) is 23.1 Å². The molecule has 1 aliphatic carbocycles. The van der Waals surface area contributed by atoms with Crippen LogP contribution in [0.3, 0.4) is 0 Å². The van der Waals surface area contributed by atoms with Crippen molar-refractivity contribution in [2.45, 2.75) is 51.7 Å². The molecule has 1 saturated heterocycles. The maximum absolute atomic E-state index is 13.3. The number of carbonyl (C=O) groups is 1. The third-order valence-electron chi connectivity index (χ3n) is 6.67. The van der Waals surface area contributed by atoms with E-state index in [2.05, 4.69) is 6.92 Å². The van der Waals surface area contributed by atoms with Gasteiger partial charge in [0.25, 0.3) is 0 Å². The van der Waals surface area contributed by atoms with Crippen molar-refractivity contribution < 1.29 is 19.0 Å². The molecule has 2 aliphatic rings. The van der Waals surface area contributed by atoms with Crippen LogP contribution < -0.4 is 9.47 Å². The van der Waals surface area contributed by atoms with Crippen LogP contribution in [0.25, 0.3) is 5.69 Å². The van der Waals surface area contributed by atoms with Crippen LogP contribution >= 0.6 is 0 Å². The molecule has 1 amide bonds.